The summed E-state index contributed by atoms with van der Waals surface area (Å²) in [7, 11) is -1.96. The minimum absolute atomic E-state index is 0.0698. The standard InChI is InChI=1S/C14H15BrN2O3S/c1-16-21(19,20)7-6-17-14(18)12-3-2-11-9-13(15)5-4-10(11)8-12/h2-5,8-9,16H,6-7H2,1H3,(H,17,18). The molecule has 0 unspecified atom stereocenters. The van der Waals surface area contributed by atoms with E-state index in [1.54, 1.807) is 12.1 Å². The molecule has 0 bridgehead atoms. The Morgan fingerprint density at radius 3 is 2.52 bits per heavy atom. The Balaban J connectivity index is 2.08. The van der Waals surface area contributed by atoms with E-state index in [1.165, 1.54) is 7.05 Å². The lowest BCUT2D eigenvalue weighted by molar-refractivity contribution is 0.0956. The molecule has 0 atom stereocenters. The van der Waals surface area contributed by atoms with Gasteiger partial charge in [-0.05, 0) is 42.1 Å². The van der Waals surface area contributed by atoms with Crippen LogP contribution in [0, 0.1) is 0 Å². The number of carbonyl (C=O) groups is 1. The van der Waals surface area contributed by atoms with Gasteiger partial charge < -0.3 is 5.32 Å². The van der Waals surface area contributed by atoms with Crippen molar-refractivity contribution in [3.8, 4) is 0 Å². The van der Waals surface area contributed by atoms with Gasteiger partial charge in [-0.2, -0.15) is 0 Å². The van der Waals surface area contributed by atoms with Crippen LogP contribution in [0.1, 0.15) is 10.4 Å². The van der Waals surface area contributed by atoms with E-state index >= 15 is 0 Å². The highest BCUT2D eigenvalue weighted by Crippen LogP contribution is 2.20. The lowest BCUT2D eigenvalue weighted by Gasteiger charge is -2.07. The van der Waals surface area contributed by atoms with Crippen molar-refractivity contribution in [2.75, 3.05) is 19.3 Å². The van der Waals surface area contributed by atoms with Gasteiger partial charge in [-0.15, -0.1) is 0 Å². The second-order valence-electron chi connectivity index (χ2n) is 4.49. The van der Waals surface area contributed by atoms with Crippen LogP contribution in [0.25, 0.3) is 10.8 Å². The highest BCUT2D eigenvalue weighted by atomic mass is 79.9. The van der Waals surface area contributed by atoms with E-state index in [1.807, 2.05) is 24.3 Å². The molecule has 2 rings (SSSR count). The Labute approximate surface area is 131 Å². The summed E-state index contributed by atoms with van der Waals surface area (Å²) in [5.41, 5.74) is 0.506. The minimum Gasteiger partial charge on any atom is -0.351 e. The summed E-state index contributed by atoms with van der Waals surface area (Å²) >= 11 is 3.40. The second-order valence-corrected chi connectivity index (χ2v) is 7.45. The van der Waals surface area contributed by atoms with Gasteiger partial charge >= 0.3 is 0 Å². The van der Waals surface area contributed by atoms with E-state index in [2.05, 4.69) is 26.0 Å². The number of sulfonamides is 1. The number of nitrogens with one attached hydrogen (secondary N) is 2. The number of fused-ring (bicyclic) bond motifs is 1. The van der Waals surface area contributed by atoms with Crippen LogP contribution in [0.2, 0.25) is 0 Å². The molecule has 0 saturated heterocycles. The van der Waals surface area contributed by atoms with E-state index in [0.29, 0.717) is 5.56 Å². The first kappa shape index (κ1) is 15.9. The van der Waals surface area contributed by atoms with Gasteiger partial charge in [0, 0.05) is 16.6 Å². The van der Waals surface area contributed by atoms with E-state index in [-0.39, 0.29) is 18.2 Å². The average molecular weight is 371 g/mol. The number of carbonyl (C=O) groups excluding carboxylic acids is 1. The zero-order valence-electron chi connectivity index (χ0n) is 11.4. The molecule has 0 fully saturated rings. The summed E-state index contributed by atoms with van der Waals surface area (Å²) in [6, 6.07) is 11.2. The van der Waals surface area contributed by atoms with E-state index < -0.39 is 10.0 Å². The van der Waals surface area contributed by atoms with Crippen molar-refractivity contribution < 1.29 is 13.2 Å². The molecular weight excluding hydrogens is 356 g/mol. The molecule has 7 heteroatoms. The first-order valence-corrected chi connectivity index (χ1v) is 8.74. The molecule has 112 valence electrons. The molecular formula is C14H15BrN2O3S. The predicted octanol–water partition coefficient (Wildman–Crippen LogP) is 1.88. The number of halogens is 1. The van der Waals surface area contributed by atoms with Crippen molar-refractivity contribution in [1.29, 1.82) is 0 Å². The quantitative estimate of drug-likeness (QED) is 0.843. The normalized spacial score (nSPS) is 11.5. The van der Waals surface area contributed by atoms with Crippen molar-refractivity contribution >= 4 is 42.6 Å². The predicted molar refractivity (Wildman–Crippen MR) is 86.8 cm³/mol. The van der Waals surface area contributed by atoms with Gasteiger partial charge in [0.2, 0.25) is 10.0 Å². The van der Waals surface area contributed by atoms with E-state index in [4.69, 9.17) is 0 Å². The zero-order chi connectivity index (χ0) is 15.5. The van der Waals surface area contributed by atoms with Crippen LogP contribution in [0.4, 0.5) is 0 Å². The number of benzene rings is 2. The molecule has 5 nitrogen and oxygen atoms in total. The Bertz CT molecular complexity index is 775. The van der Waals surface area contributed by atoms with Crippen molar-refractivity contribution in [3.63, 3.8) is 0 Å². The number of hydrogen-bond donors (Lipinski definition) is 2. The van der Waals surface area contributed by atoms with Crippen molar-refractivity contribution in [1.82, 2.24) is 10.0 Å². The van der Waals surface area contributed by atoms with Gasteiger partial charge in [0.1, 0.15) is 0 Å². The average Bonchev–Trinajstić information content (AvgIpc) is 2.46. The number of hydrogen-bond acceptors (Lipinski definition) is 3. The molecule has 0 aliphatic rings. The molecule has 0 aromatic heterocycles. The van der Waals surface area contributed by atoms with Crippen LogP contribution in [-0.2, 0) is 10.0 Å². The molecule has 2 N–H and O–H groups in total. The fourth-order valence-corrected chi connectivity index (χ4v) is 2.81. The number of amides is 1. The van der Waals surface area contributed by atoms with E-state index in [9.17, 15) is 13.2 Å². The SMILES string of the molecule is CNS(=O)(=O)CCNC(=O)c1ccc2cc(Br)ccc2c1. The smallest absolute Gasteiger partial charge is 0.251 e. The highest BCUT2D eigenvalue weighted by Gasteiger charge is 2.10. The van der Waals surface area contributed by atoms with Gasteiger partial charge in [0.15, 0.2) is 0 Å². The topological polar surface area (TPSA) is 75.3 Å². The lowest BCUT2D eigenvalue weighted by atomic mass is 10.1. The van der Waals surface area contributed by atoms with Crippen molar-refractivity contribution in [2.45, 2.75) is 0 Å². The molecule has 0 heterocycles. The van der Waals surface area contributed by atoms with Crippen LogP contribution in [0.5, 0.6) is 0 Å². The monoisotopic (exact) mass is 370 g/mol. The van der Waals surface area contributed by atoms with Gasteiger partial charge in [0.25, 0.3) is 5.91 Å². The van der Waals surface area contributed by atoms with Crippen LogP contribution < -0.4 is 10.0 Å². The molecule has 1 amide bonds. The summed E-state index contributed by atoms with van der Waals surface area (Å²) in [5.74, 6) is -0.429. The van der Waals surface area contributed by atoms with Crippen LogP contribution >= 0.6 is 15.9 Å². The maximum absolute atomic E-state index is 12.0. The molecule has 21 heavy (non-hydrogen) atoms. The fourth-order valence-electron chi connectivity index (χ4n) is 1.86. The molecule has 2 aromatic rings. The maximum Gasteiger partial charge on any atom is 0.251 e. The first-order valence-electron chi connectivity index (χ1n) is 6.30. The highest BCUT2D eigenvalue weighted by molar-refractivity contribution is 9.10. The maximum atomic E-state index is 12.0. The number of rotatable bonds is 5. The minimum atomic E-state index is -3.31. The zero-order valence-corrected chi connectivity index (χ0v) is 13.8. The van der Waals surface area contributed by atoms with Gasteiger partial charge in [-0.3, -0.25) is 4.79 Å². The Hall–Kier alpha value is -1.44. The molecule has 0 aliphatic heterocycles. The third-order valence-corrected chi connectivity index (χ3v) is 4.89. The third kappa shape index (κ3) is 4.26. The Morgan fingerprint density at radius 2 is 1.81 bits per heavy atom. The van der Waals surface area contributed by atoms with Crippen LogP contribution in [0.15, 0.2) is 40.9 Å². The van der Waals surface area contributed by atoms with Crippen LogP contribution in [-0.4, -0.2) is 33.7 Å². The second kappa shape index (κ2) is 6.55. The summed E-state index contributed by atoms with van der Waals surface area (Å²) in [5, 5.41) is 4.58. The molecule has 0 aliphatic carbocycles. The molecule has 0 radical (unpaired) electrons. The van der Waals surface area contributed by atoms with Crippen LogP contribution in [0.3, 0.4) is 0 Å². The van der Waals surface area contributed by atoms with Gasteiger partial charge in [0.05, 0.1) is 5.75 Å². The Morgan fingerprint density at radius 1 is 1.14 bits per heavy atom. The molecule has 0 saturated carbocycles. The van der Waals surface area contributed by atoms with Crippen molar-refractivity contribution in [3.05, 3.63) is 46.4 Å². The largest absolute Gasteiger partial charge is 0.351 e. The van der Waals surface area contributed by atoms with Gasteiger partial charge in [-0.1, -0.05) is 28.1 Å². The first-order chi connectivity index (χ1) is 9.91. The van der Waals surface area contributed by atoms with E-state index in [0.717, 1.165) is 15.2 Å². The fraction of sp³-hybridized carbons (Fsp3) is 0.214. The summed E-state index contributed by atoms with van der Waals surface area (Å²) in [6.45, 7) is 0.0698. The Kier molecular flexibility index (Phi) is 4.97. The third-order valence-electron chi connectivity index (χ3n) is 3.03. The van der Waals surface area contributed by atoms with Gasteiger partial charge in [-0.25, -0.2) is 13.1 Å². The molecule has 0 spiro atoms. The summed E-state index contributed by atoms with van der Waals surface area (Å²) in [6.07, 6.45) is 0. The summed E-state index contributed by atoms with van der Waals surface area (Å²) in [4.78, 5) is 12.0. The lowest BCUT2D eigenvalue weighted by Crippen LogP contribution is -2.32. The molecule has 2 aromatic carbocycles. The summed E-state index contributed by atoms with van der Waals surface area (Å²) < 4.78 is 25.7. The van der Waals surface area contributed by atoms with Crippen molar-refractivity contribution in [2.24, 2.45) is 0 Å².